The smallest absolute Gasteiger partial charge is 0.331 e. The van der Waals surface area contributed by atoms with Crippen LogP contribution in [0.2, 0.25) is 0 Å². The van der Waals surface area contributed by atoms with E-state index in [9.17, 15) is 9.59 Å². The molecule has 0 aliphatic heterocycles. The third-order valence-corrected chi connectivity index (χ3v) is 1.79. The molecule has 6 nitrogen and oxygen atoms in total. The van der Waals surface area contributed by atoms with Crippen LogP contribution in [-0.4, -0.2) is 36.5 Å². The van der Waals surface area contributed by atoms with Crippen LogP contribution < -0.4 is 16.6 Å². The molecule has 0 bridgehead atoms. The zero-order chi connectivity index (χ0) is 9.84. The lowest BCUT2D eigenvalue weighted by Crippen LogP contribution is -2.45. The predicted octanol–water partition coefficient (Wildman–Crippen LogP) is -1.22. The number of carbonyl (C=O) groups is 2. The molecule has 0 aromatic heterocycles. The number of hydrogen-bond donors (Lipinski definition) is 3. The molecule has 0 saturated heterocycles. The quantitative estimate of drug-likeness (QED) is 0.293. The Morgan fingerprint density at radius 3 is 2.62 bits per heavy atom. The molecule has 0 spiro atoms. The third-order valence-electron chi connectivity index (χ3n) is 1.79. The molecule has 1 saturated carbocycles. The van der Waals surface area contributed by atoms with Gasteiger partial charge in [-0.3, -0.25) is 10.2 Å². The average molecular weight is 186 g/mol. The fourth-order valence-electron chi connectivity index (χ4n) is 0.898. The van der Waals surface area contributed by atoms with Crippen LogP contribution in [0.3, 0.4) is 0 Å². The van der Waals surface area contributed by atoms with Crippen LogP contribution in [0.15, 0.2) is 0 Å². The van der Waals surface area contributed by atoms with Gasteiger partial charge in [-0.1, -0.05) is 0 Å². The van der Waals surface area contributed by atoms with E-state index in [0.717, 1.165) is 12.8 Å². The van der Waals surface area contributed by atoms with Crippen LogP contribution in [0.5, 0.6) is 0 Å². The summed E-state index contributed by atoms with van der Waals surface area (Å²) in [4.78, 5) is 23.2. The monoisotopic (exact) mass is 186 g/mol. The maximum absolute atomic E-state index is 11.2. The summed E-state index contributed by atoms with van der Waals surface area (Å²) >= 11 is 0. The zero-order valence-electron chi connectivity index (χ0n) is 7.54. The normalized spacial score (nSPS) is 14.9. The lowest BCUT2D eigenvalue weighted by molar-refractivity contribution is -0.121. The van der Waals surface area contributed by atoms with Gasteiger partial charge < -0.3 is 10.2 Å². The highest BCUT2D eigenvalue weighted by molar-refractivity contribution is 5.83. The maximum atomic E-state index is 11.2. The Morgan fingerprint density at radius 2 is 2.15 bits per heavy atom. The van der Waals surface area contributed by atoms with Gasteiger partial charge in [0.25, 0.3) is 0 Å². The van der Waals surface area contributed by atoms with Crippen molar-refractivity contribution in [1.82, 2.24) is 15.6 Å². The van der Waals surface area contributed by atoms with E-state index < -0.39 is 6.03 Å². The molecule has 1 fully saturated rings. The first-order valence-corrected chi connectivity index (χ1v) is 4.14. The topological polar surface area (TPSA) is 87.5 Å². The fourth-order valence-corrected chi connectivity index (χ4v) is 0.898. The molecule has 1 rings (SSSR count). The van der Waals surface area contributed by atoms with Crippen LogP contribution in [-0.2, 0) is 4.79 Å². The highest BCUT2D eigenvalue weighted by atomic mass is 16.2. The largest absolute Gasteiger partial charge is 0.352 e. The maximum Gasteiger partial charge on any atom is 0.331 e. The molecule has 1 aliphatic carbocycles. The van der Waals surface area contributed by atoms with Crippen molar-refractivity contribution in [2.75, 3.05) is 13.6 Å². The number of carbonyl (C=O) groups excluding carboxylic acids is 2. The lowest BCUT2D eigenvalue weighted by atomic mass is 10.5. The summed E-state index contributed by atoms with van der Waals surface area (Å²) in [6.07, 6.45) is 2.08. The van der Waals surface area contributed by atoms with Gasteiger partial charge in [0.15, 0.2) is 0 Å². The molecule has 74 valence electrons. The van der Waals surface area contributed by atoms with E-state index in [1.807, 2.05) is 5.43 Å². The Bertz CT molecular complexity index is 215. The van der Waals surface area contributed by atoms with E-state index in [-0.39, 0.29) is 12.5 Å². The van der Waals surface area contributed by atoms with E-state index in [1.165, 1.54) is 11.9 Å². The Balaban J connectivity index is 2.21. The molecule has 0 unspecified atom stereocenters. The van der Waals surface area contributed by atoms with Gasteiger partial charge in [0.05, 0.1) is 0 Å². The standard InChI is InChI=1S/C7H14N4O2/c1-11(7(13)10-8)4-6(12)9-5-2-3-5/h5H,2-4,8H2,1H3,(H,9,12)(H,10,13). The van der Waals surface area contributed by atoms with Crippen LogP contribution in [0.4, 0.5) is 4.79 Å². The van der Waals surface area contributed by atoms with Crippen molar-refractivity contribution in [1.29, 1.82) is 0 Å². The Morgan fingerprint density at radius 1 is 1.54 bits per heavy atom. The van der Waals surface area contributed by atoms with Crippen molar-refractivity contribution in [2.24, 2.45) is 5.84 Å². The summed E-state index contributed by atoms with van der Waals surface area (Å²) in [6, 6.07) is -0.146. The molecule has 0 aromatic rings. The van der Waals surface area contributed by atoms with Crippen molar-refractivity contribution in [3.63, 3.8) is 0 Å². The Labute approximate surface area is 76.4 Å². The molecule has 6 heteroatoms. The number of rotatable bonds is 3. The van der Waals surface area contributed by atoms with Crippen LogP contribution >= 0.6 is 0 Å². The Hall–Kier alpha value is -1.30. The predicted molar refractivity (Wildman–Crippen MR) is 46.5 cm³/mol. The van der Waals surface area contributed by atoms with E-state index >= 15 is 0 Å². The number of nitrogens with one attached hydrogen (secondary N) is 2. The lowest BCUT2D eigenvalue weighted by Gasteiger charge is -2.15. The van der Waals surface area contributed by atoms with Gasteiger partial charge in [-0.25, -0.2) is 10.6 Å². The molecule has 4 N–H and O–H groups in total. The second kappa shape index (κ2) is 4.08. The van der Waals surface area contributed by atoms with E-state index in [4.69, 9.17) is 5.84 Å². The van der Waals surface area contributed by atoms with Crippen LogP contribution in [0, 0.1) is 0 Å². The summed E-state index contributed by atoms with van der Waals surface area (Å²) in [7, 11) is 1.51. The molecule has 0 aromatic carbocycles. The third kappa shape index (κ3) is 3.29. The number of hydrogen-bond acceptors (Lipinski definition) is 3. The molecule has 1 aliphatic rings. The first-order valence-electron chi connectivity index (χ1n) is 4.14. The van der Waals surface area contributed by atoms with E-state index in [2.05, 4.69) is 5.32 Å². The van der Waals surface area contributed by atoms with Gasteiger partial charge in [-0.05, 0) is 12.8 Å². The minimum absolute atomic E-state index is 0.0412. The van der Waals surface area contributed by atoms with Crippen LogP contribution in [0.25, 0.3) is 0 Å². The highest BCUT2D eigenvalue weighted by Crippen LogP contribution is 2.18. The number of urea groups is 1. The van der Waals surface area contributed by atoms with Crippen LogP contribution in [0.1, 0.15) is 12.8 Å². The van der Waals surface area contributed by atoms with Gasteiger partial charge >= 0.3 is 6.03 Å². The second-order valence-corrected chi connectivity index (χ2v) is 3.15. The fraction of sp³-hybridized carbons (Fsp3) is 0.714. The minimum atomic E-state index is -0.467. The first kappa shape index (κ1) is 9.79. The summed E-state index contributed by atoms with van der Waals surface area (Å²) in [6.45, 7) is 0.0412. The number of hydrazine groups is 1. The molecule has 0 atom stereocenters. The van der Waals surface area contributed by atoms with Crippen molar-refractivity contribution < 1.29 is 9.59 Å². The Kier molecular flexibility index (Phi) is 3.07. The van der Waals surface area contributed by atoms with Gasteiger partial charge in [0.2, 0.25) is 5.91 Å². The van der Waals surface area contributed by atoms with Crippen molar-refractivity contribution >= 4 is 11.9 Å². The number of nitrogens with zero attached hydrogens (tertiary/aromatic N) is 1. The molecule has 0 heterocycles. The summed E-state index contributed by atoms with van der Waals surface area (Å²) < 4.78 is 0. The number of nitrogens with two attached hydrogens (primary N) is 1. The van der Waals surface area contributed by atoms with Crippen molar-refractivity contribution in [3.8, 4) is 0 Å². The molecule has 0 radical (unpaired) electrons. The number of likely N-dealkylation sites (N-methyl/N-ethyl adjacent to an activating group) is 1. The summed E-state index contributed by atoms with van der Waals surface area (Å²) in [5.41, 5.74) is 1.95. The molecular formula is C7H14N4O2. The summed E-state index contributed by atoms with van der Waals surface area (Å²) in [5.74, 6) is 4.74. The molecular weight excluding hydrogens is 172 g/mol. The van der Waals surface area contributed by atoms with Gasteiger partial charge in [-0.15, -0.1) is 0 Å². The number of amides is 3. The highest BCUT2D eigenvalue weighted by Gasteiger charge is 2.24. The first-order chi connectivity index (χ1) is 6.13. The molecule has 3 amide bonds. The molecule has 13 heavy (non-hydrogen) atoms. The van der Waals surface area contributed by atoms with Gasteiger partial charge in [0.1, 0.15) is 6.54 Å². The van der Waals surface area contributed by atoms with Gasteiger partial charge in [0, 0.05) is 13.1 Å². The minimum Gasteiger partial charge on any atom is -0.352 e. The van der Waals surface area contributed by atoms with E-state index in [0.29, 0.717) is 6.04 Å². The second-order valence-electron chi connectivity index (χ2n) is 3.15. The van der Waals surface area contributed by atoms with Crippen molar-refractivity contribution in [3.05, 3.63) is 0 Å². The SMILES string of the molecule is CN(CC(=O)NC1CC1)C(=O)NN. The average Bonchev–Trinajstić information content (AvgIpc) is 2.86. The van der Waals surface area contributed by atoms with E-state index in [1.54, 1.807) is 0 Å². The van der Waals surface area contributed by atoms with Crippen molar-refractivity contribution in [2.45, 2.75) is 18.9 Å². The zero-order valence-corrected chi connectivity index (χ0v) is 7.54. The summed E-state index contributed by atoms with van der Waals surface area (Å²) in [5, 5.41) is 2.76. The van der Waals surface area contributed by atoms with Gasteiger partial charge in [-0.2, -0.15) is 0 Å².